The van der Waals surface area contributed by atoms with Crippen LogP contribution in [0.5, 0.6) is 5.75 Å². The summed E-state index contributed by atoms with van der Waals surface area (Å²) in [5.41, 5.74) is 4.62. The maximum Gasteiger partial charge on any atom is 0.255 e. The highest BCUT2D eigenvalue weighted by molar-refractivity contribution is 7.07. The molecule has 37 heavy (non-hydrogen) atoms. The Labute approximate surface area is 238 Å². The molecule has 1 amide bonds. The first-order valence-electron chi connectivity index (χ1n) is 13.8. The SMILES string of the molecule is CCCCCCCCCCCCCCOc1ccc(C(=O)Nc2ccccc2C[n+]2ccsc2)cc1.[Br-]. The quantitative estimate of drug-likeness (QED) is 0.160. The summed E-state index contributed by atoms with van der Waals surface area (Å²) in [4.78, 5) is 12.8. The first-order chi connectivity index (χ1) is 17.8. The minimum absolute atomic E-state index is 0. The molecule has 0 aliphatic carbocycles. The number of rotatable bonds is 18. The molecule has 0 saturated carbocycles. The van der Waals surface area contributed by atoms with Crippen molar-refractivity contribution in [3.63, 3.8) is 0 Å². The van der Waals surface area contributed by atoms with Crippen molar-refractivity contribution < 1.29 is 31.1 Å². The van der Waals surface area contributed by atoms with Gasteiger partial charge in [0.05, 0.1) is 17.7 Å². The normalized spacial score (nSPS) is 10.6. The predicted octanol–water partition coefficient (Wildman–Crippen LogP) is 5.42. The molecule has 0 bridgehead atoms. The second kappa shape index (κ2) is 19.0. The van der Waals surface area contributed by atoms with Gasteiger partial charge in [0, 0.05) is 11.1 Å². The lowest BCUT2D eigenvalue weighted by molar-refractivity contribution is -0.683. The number of hydrogen-bond acceptors (Lipinski definition) is 3. The van der Waals surface area contributed by atoms with E-state index in [4.69, 9.17) is 4.74 Å². The molecule has 6 heteroatoms. The smallest absolute Gasteiger partial charge is 0.255 e. The first kappa shape index (κ1) is 31.0. The fourth-order valence-corrected chi connectivity index (χ4v) is 4.96. The number of carbonyl (C=O) groups excluding carboxylic acids is 1. The lowest BCUT2D eigenvalue weighted by atomic mass is 10.1. The van der Waals surface area contributed by atoms with Crippen LogP contribution in [-0.4, -0.2) is 12.5 Å². The maximum atomic E-state index is 12.8. The molecule has 3 rings (SSSR count). The molecule has 2 aromatic carbocycles. The van der Waals surface area contributed by atoms with Crippen LogP contribution in [-0.2, 0) is 6.54 Å². The number of nitrogens with zero attached hydrogens (tertiary/aromatic N) is 1. The average Bonchev–Trinajstić information content (AvgIpc) is 3.41. The van der Waals surface area contributed by atoms with Crippen molar-refractivity contribution in [2.75, 3.05) is 11.9 Å². The Kier molecular flexibility index (Phi) is 15.9. The number of para-hydroxylation sites is 1. The summed E-state index contributed by atoms with van der Waals surface area (Å²) in [7, 11) is 0. The summed E-state index contributed by atoms with van der Waals surface area (Å²) in [5, 5.41) is 5.11. The lowest BCUT2D eigenvalue weighted by Gasteiger charge is -2.10. The molecule has 1 N–H and O–H groups in total. The Balaban J connectivity index is 0.00000481. The molecule has 1 aromatic heterocycles. The van der Waals surface area contributed by atoms with E-state index < -0.39 is 0 Å². The summed E-state index contributed by atoms with van der Waals surface area (Å²) >= 11 is 1.66. The van der Waals surface area contributed by atoms with Gasteiger partial charge >= 0.3 is 0 Å². The Hall–Kier alpha value is -2.18. The molecule has 202 valence electrons. The van der Waals surface area contributed by atoms with E-state index in [0.717, 1.165) is 36.6 Å². The van der Waals surface area contributed by atoms with Gasteiger partial charge in [-0.1, -0.05) is 107 Å². The highest BCUT2D eigenvalue weighted by Crippen LogP contribution is 2.18. The van der Waals surface area contributed by atoms with E-state index in [9.17, 15) is 4.79 Å². The molecule has 0 aliphatic rings. The number of hydrogen-bond donors (Lipinski definition) is 1. The van der Waals surface area contributed by atoms with E-state index in [2.05, 4.69) is 22.3 Å². The minimum atomic E-state index is -0.106. The Morgan fingerprint density at radius 1 is 0.838 bits per heavy atom. The van der Waals surface area contributed by atoms with Gasteiger partial charge in [0.1, 0.15) is 5.75 Å². The van der Waals surface area contributed by atoms with Gasteiger partial charge in [0.2, 0.25) is 5.51 Å². The largest absolute Gasteiger partial charge is 1.00 e. The van der Waals surface area contributed by atoms with Gasteiger partial charge in [0.25, 0.3) is 5.91 Å². The fourth-order valence-electron chi connectivity index (χ4n) is 4.36. The lowest BCUT2D eigenvalue weighted by Crippen LogP contribution is -3.00. The summed E-state index contributed by atoms with van der Waals surface area (Å²) in [6, 6.07) is 15.4. The Morgan fingerprint density at radius 3 is 2.08 bits per heavy atom. The van der Waals surface area contributed by atoms with Crippen LogP contribution in [0.25, 0.3) is 0 Å². The number of unbranched alkanes of at least 4 members (excludes halogenated alkanes) is 11. The van der Waals surface area contributed by atoms with E-state index in [-0.39, 0.29) is 22.9 Å². The van der Waals surface area contributed by atoms with Gasteiger partial charge in [-0.2, -0.15) is 4.57 Å². The standard InChI is InChI=1S/C31H42N2O2S.BrH/c1-2-3-4-5-6-7-8-9-10-11-12-15-23-35-29-20-18-27(19-21-29)31(34)32-30-17-14-13-16-28(30)25-33-22-24-36-26-33;/h13-14,16-22,24,26H,2-12,15,23,25H2,1H3;1H. The van der Waals surface area contributed by atoms with Gasteiger partial charge in [-0.25, -0.2) is 0 Å². The zero-order chi connectivity index (χ0) is 25.3. The maximum absolute atomic E-state index is 12.8. The van der Waals surface area contributed by atoms with Crippen molar-refractivity contribution in [1.29, 1.82) is 0 Å². The number of benzene rings is 2. The summed E-state index contributed by atoms with van der Waals surface area (Å²) in [6.45, 7) is 3.74. The number of thiazole rings is 1. The van der Waals surface area contributed by atoms with Gasteiger partial charge in [0.15, 0.2) is 12.7 Å². The predicted molar refractivity (Wildman–Crippen MR) is 151 cm³/mol. The van der Waals surface area contributed by atoms with Crippen molar-refractivity contribution in [1.82, 2.24) is 0 Å². The molecular weight excluding hydrogens is 544 g/mol. The van der Waals surface area contributed by atoms with E-state index in [1.807, 2.05) is 60.1 Å². The highest BCUT2D eigenvalue weighted by atomic mass is 79.9. The van der Waals surface area contributed by atoms with Gasteiger partial charge in [-0.05, 0) is 36.8 Å². The molecule has 0 aliphatic heterocycles. The van der Waals surface area contributed by atoms with Crippen LogP contribution in [0.15, 0.2) is 65.6 Å². The zero-order valence-corrected chi connectivity index (χ0v) is 24.7. The van der Waals surface area contributed by atoms with E-state index in [0.29, 0.717) is 5.56 Å². The van der Waals surface area contributed by atoms with Crippen LogP contribution >= 0.6 is 11.3 Å². The van der Waals surface area contributed by atoms with E-state index in [1.165, 1.54) is 70.6 Å². The van der Waals surface area contributed by atoms with Crippen LogP contribution in [0, 0.1) is 0 Å². The topological polar surface area (TPSA) is 42.2 Å². The van der Waals surface area contributed by atoms with Gasteiger partial charge in [-0.3, -0.25) is 4.79 Å². The molecule has 0 atom stereocenters. The first-order valence-corrected chi connectivity index (χ1v) is 14.7. The number of nitrogens with one attached hydrogen (secondary N) is 1. The zero-order valence-electron chi connectivity index (χ0n) is 22.3. The van der Waals surface area contributed by atoms with Crippen LogP contribution in [0.3, 0.4) is 0 Å². The number of halogens is 1. The van der Waals surface area contributed by atoms with Crippen LogP contribution in [0.4, 0.5) is 5.69 Å². The molecule has 1 heterocycles. The van der Waals surface area contributed by atoms with Crippen LogP contribution < -0.4 is 31.6 Å². The van der Waals surface area contributed by atoms with E-state index in [1.54, 1.807) is 11.3 Å². The number of carbonyl (C=O) groups is 1. The van der Waals surface area contributed by atoms with Gasteiger partial charge in [-0.15, -0.1) is 0 Å². The average molecular weight is 588 g/mol. The van der Waals surface area contributed by atoms with Crippen molar-refractivity contribution in [3.8, 4) is 5.75 Å². The third-order valence-corrected chi connectivity index (χ3v) is 7.20. The molecule has 0 fully saturated rings. The summed E-state index contributed by atoms with van der Waals surface area (Å²) in [6.07, 6.45) is 18.1. The Morgan fingerprint density at radius 2 is 1.46 bits per heavy atom. The highest BCUT2D eigenvalue weighted by Gasteiger charge is 2.12. The second-order valence-electron chi connectivity index (χ2n) is 9.57. The number of amides is 1. The second-order valence-corrected chi connectivity index (χ2v) is 10.3. The molecule has 0 radical (unpaired) electrons. The minimum Gasteiger partial charge on any atom is -1.00 e. The third-order valence-electron chi connectivity index (χ3n) is 6.53. The van der Waals surface area contributed by atoms with Crippen molar-refractivity contribution in [2.45, 2.75) is 90.5 Å². The number of aromatic nitrogens is 1. The number of ether oxygens (including phenoxy) is 1. The molecule has 3 aromatic rings. The van der Waals surface area contributed by atoms with E-state index >= 15 is 0 Å². The van der Waals surface area contributed by atoms with Crippen LogP contribution in [0.1, 0.15) is 99.9 Å². The number of anilines is 1. The van der Waals surface area contributed by atoms with Gasteiger partial charge < -0.3 is 27.0 Å². The summed E-state index contributed by atoms with van der Waals surface area (Å²) in [5.74, 6) is 0.717. The van der Waals surface area contributed by atoms with Crippen molar-refractivity contribution >= 4 is 22.9 Å². The molecule has 0 spiro atoms. The van der Waals surface area contributed by atoms with Crippen molar-refractivity contribution in [2.24, 2.45) is 0 Å². The molecule has 4 nitrogen and oxygen atoms in total. The fraction of sp³-hybridized carbons (Fsp3) is 0.484. The monoisotopic (exact) mass is 586 g/mol. The summed E-state index contributed by atoms with van der Waals surface area (Å²) < 4.78 is 8.00. The third kappa shape index (κ3) is 12.3. The van der Waals surface area contributed by atoms with Crippen molar-refractivity contribution in [3.05, 3.63) is 76.7 Å². The molecular formula is C31H43BrN2O2S. The molecule has 0 saturated heterocycles. The Bertz CT molecular complexity index is 993. The van der Waals surface area contributed by atoms with Crippen LogP contribution in [0.2, 0.25) is 0 Å². The molecule has 0 unspecified atom stereocenters.